The van der Waals surface area contributed by atoms with E-state index in [9.17, 15) is 13.6 Å². The highest BCUT2D eigenvalue weighted by molar-refractivity contribution is 5.93. The molecule has 27 heavy (non-hydrogen) atoms. The van der Waals surface area contributed by atoms with Crippen molar-refractivity contribution in [2.24, 2.45) is 0 Å². The van der Waals surface area contributed by atoms with Crippen LogP contribution in [0.2, 0.25) is 0 Å². The van der Waals surface area contributed by atoms with Gasteiger partial charge in [-0.25, -0.2) is 13.5 Å². The fourth-order valence-electron chi connectivity index (χ4n) is 3.02. The van der Waals surface area contributed by atoms with Gasteiger partial charge in [-0.15, -0.1) is 5.10 Å². The van der Waals surface area contributed by atoms with Gasteiger partial charge in [0.25, 0.3) is 5.91 Å². The number of ether oxygens (including phenoxy) is 1. The lowest BCUT2D eigenvalue weighted by Gasteiger charge is -2.33. The summed E-state index contributed by atoms with van der Waals surface area (Å²) in [6.07, 6.45) is 0.809. The first-order chi connectivity index (χ1) is 12.9. The molecule has 1 aliphatic heterocycles. The van der Waals surface area contributed by atoms with E-state index < -0.39 is 11.6 Å². The van der Waals surface area contributed by atoms with E-state index in [0.717, 1.165) is 25.1 Å². The van der Waals surface area contributed by atoms with Crippen LogP contribution in [0.4, 0.5) is 8.78 Å². The monoisotopic (exact) mass is 379 g/mol. The largest absolute Gasteiger partial charge is 0.374 e. The lowest BCUT2D eigenvalue weighted by atomic mass is 10.2. The molecular formula is C18H23F2N5O2. The van der Waals surface area contributed by atoms with Crippen LogP contribution < -0.4 is 0 Å². The Morgan fingerprint density at radius 3 is 2.81 bits per heavy atom. The number of benzene rings is 1. The van der Waals surface area contributed by atoms with Crippen molar-refractivity contribution in [2.45, 2.75) is 19.4 Å². The summed E-state index contributed by atoms with van der Waals surface area (Å²) in [4.78, 5) is 16.7. The van der Waals surface area contributed by atoms with Gasteiger partial charge in [0.1, 0.15) is 0 Å². The maximum Gasteiger partial charge on any atom is 0.276 e. The Balaban J connectivity index is 1.75. The van der Waals surface area contributed by atoms with Gasteiger partial charge in [-0.3, -0.25) is 4.79 Å². The maximum atomic E-state index is 13.5. The molecule has 0 aliphatic carbocycles. The number of rotatable bonds is 5. The molecule has 2 aromatic rings. The molecule has 3 rings (SSSR count). The molecule has 0 radical (unpaired) electrons. The van der Waals surface area contributed by atoms with Crippen LogP contribution in [0.15, 0.2) is 18.2 Å². The van der Waals surface area contributed by atoms with E-state index in [1.165, 1.54) is 10.7 Å². The van der Waals surface area contributed by atoms with Crippen molar-refractivity contribution in [3.05, 3.63) is 41.2 Å². The summed E-state index contributed by atoms with van der Waals surface area (Å²) in [6, 6.07) is 3.43. The molecule has 0 saturated carbocycles. The second kappa shape index (κ2) is 8.10. The van der Waals surface area contributed by atoms with Crippen LogP contribution >= 0.6 is 0 Å². The Morgan fingerprint density at radius 1 is 1.33 bits per heavy atom. The van der Waals surface area contributed by atoms with E-state index in [1.54, 1.807) is 11.8 Å². The van der Waals surface area contributed by atoms with Crippen LogP contribution in [0.1, 0.15) is 22.6 Å². The van der Waals surface area contributed by atoms with Gasteiger partial charge >= 0.3 is 0 Å². The number of nitrogens with zero attached hydrogens (tertiary/aromatic N) is 5. The Bertz CT molecular complexity index is 824. The second-order valence-corrected chi connectivity index (χ2v) is 6.87. The molecule has 1 amide bonds. The zero-order valence-corrected chi connectivity index (χ0v) is 15.7. The van der Waals surface area contributed by atoms with Gasteiger partial charge in [0, 0.05) is 25.7 Å². The predicted octanol–water partition coefficient (Wildman–Crippen LogP) is 1.65. The molecule has 2 heterocycles. The number of amides is 1. The molecule has 1 atom stereocenters. The van der Waals surface area contributed by atoms with Gasteiger partial charge in [0.15, 0.2) is 17.3 Å². The van der Waals surface area contributed by atoms with E-state index in [1.807, 2.05) is 14.1 Å². The average Bonchev–Trinajstić information content (AvgIpc) is 3.03. The first-order valence-electron chi connectivity index (χ1n) is 8.80. The molecule has 1 aromatic heterocycles. The van der Waals surface area contributed by atoms with Gasteiger partial charge in [-0.2, -0.15) is 0 Å². The minimum absolute atomic E-state index is 0.0216. The van der Waals surface area contributed by atoms with Crippen molar-refractivity contribution in [1.82, 2.24) is 24.8 Å². The van der Waals surface area contributed by atoms with Gasteiger partial charge < -0.3 is 14.5 Å². The minimum Gasteiger partial charge on any atom is -0.374 e. The van der Waals surface area contributed by atoms with Crippen LogP contribution in [-0.2, 0) is 4.74 Å². The number of carbonyl (C=O) groups is 1. The summed E-state index contributed by atoms with van der Waals surface area (Å²) in [5, 5.41) is 7.92. The molecular weight excluding hydrogens is 356 g/mol. The fraction of sp³-hybridized carbons (Fsp3) is 0.500. The Labute approximate surface area is 156 Å². The average molecular weight is 379 g/mol. The Kier molecular flexibility index (Phi) is 5.81. The third-order valence-electron chi connectivity index (χ3n) is 4.57. The van der Waals surface area contributed by atoms with Gasteiger partial charge in [0.2, 0.25) is 0 Å². The van der Waals surface area contributed by atoms with Crippen molar-refractivity contribution < 1.29 is 18.3 Å². The van der Waals surface area contributed by atoms with Crippen LogP contribution in [0.3, 0.4) is 0 Å². The number of hydrogen-bond acceptors (Lipinski definition) is 5. The van der Waals surface area contributed by atoms with E-state index in [2.05, 4.69) is 15.2 Å². The molecule has 0 spiro atoms. The lowest BCUT2D eigenvalue weighted by molar-refractivity contribution is -0.0271. The van der Waals surface area contributed by atoms with E-state index in [-0.39, 0.29) is 17.7 Å². The molecule has 7 nitrogen and oxygen atoms in total. The Morgan fingerprint density at radius 2 is 2.11 bits per heavy atom. The SMILES string of the molecule is Cc1c(C(=O)N2CCOC(CCN(C)C)C2)nnn1-c1ccc(F)c(F)c1. The highest BCUT2D eigenvalue weighted by Gasteiger charge is 2.28. The molecule has 146 valence electrons. The maximum absolute atomic E-state index is 13.5. The van der Waals surface area contributed by atoms with Gasteiger partial charge in [-0.05, 0) is 39.6 Å². The minimum atomic E-state index is -0.979. The van der Waals surface area contributed by atoms with Crippen molar-refractivity contribution in [1.29, 1.82) is 0 Å². The summed E-state index contributed by atoms with van der Waals surface area (Å²) in [6.45, 7) is 4.00. The zero-order valence-electron chi connectivity index (χ0n) is 15.7. The summed E-state index contributed by atoms with van der Waals surface area (Å²) >= 11 is 0. The topological polar surface area (TPSA) is 63.5 Å². The van der Waals surface area contributed by atoms with Crippen LogP contribution in [-0.4, -0.2) is 77.1 Å². The summed E-state index contributed by atoms with van der Waals surface area (Å²) in [5.41, 5.74) is 0.985. The highest BCUT2D eigenvalue weighted by Crippen LogP contribution is 2.18. The van der Waals surface area contributed by atoms with Crippen LogP contribution in [0, 0.1) is 18.6 Å². The molecule has 9 heteroatoms. The molecule has 1 fully saturated rings. The highest BCUT2D eigenvalue weighted by atomic mass is 19.2. The third kappa shape index (κ3) is 4.30. The molecule has 1 saturated heterocycles. The first-order valence-corrected chi connectivity index (χ1v) is 8.80. The number of aromatic nitrogens is 3. The number of hydrogen-bond donors (Lipinski definition) is 0. The summed E-state index contributed by atoms with van der Waals surface area (Å²) < 4.78 is 33.7. The zero-order chi connectivity index (χ0) is 19.6. The normalized spacial score (nSPS) is 17.6. The number of morpholine rings is 1. The molecule has 1 unspecified atom stereocenters. The van der Waals surface area contributed by atoms with E-state index >= 15 is 0 Å². The second-order valence-electron chi connectivity index (χ2n) is 6.87. The molecule has 0 bridgehead atoms. The number of halogens is 2. The smallest absolute Gasteiger partial charge is 0.276 e. The van der Waals surface area contributed by atoms with Crippen LogP contribution in [0.25, 0.3) is 5.69 Å². The molecule has 0 N–H and O–H groups in total. The first kappa shape index (κ1) is 19.4. The van der Waals surface area contributed by atoms with Gasteiger partial charge in [0.05, 0.1) is 24.1 Å². The van der Waals surface area contributed by atoms with Gasteiger partial charge in [-0.1, -0.05) is 5.21 Å². The molecule has 1 aromatic carbocycles. The van der Waals surface area contributed by atoms with E-state index in [4.69, 9.17) is 4.74 Å². The standard InChI is InChI=1S/C18H23F2N5O2/c1-12-17(21-22-25(12)13-4-5-15(19)16(20)10-13)18(26)24-8-9-27-14(11-24)6-7-23(2)3/h4-5,10,14H,6-9,11H2,1-3H3. The molecule has 1 aliphatic rings. The fourth-order valence-corrected chi connectivity index (χ4v) is 3.02. The lowest BCUT2D eigenvalue weighted by Crippen LogP contribution is -2.46. The van der Waals surface area contributed by atoms with Crippen molar-refractivity contribution in [3.8, 4) is 5.69 Å². The van der Waals surface area contributed by atoms with Crippen molar-refractivity contribution in [3.63, 3.8) is 0 Å². The van der Waals surface area contributed by atoms with Crippen molar-refractivity contribution in [2.75, 3.05) is 40.3 Å². The van der Waals surface area contributed by atoms with Crippen LogP contribution in [0.5, 0.6) is 0 Å². The van der Waals surface area contributed by atoms with E-state index in [0.29, 0.717) is 31.1 Å². The number of carbonyl (C=O) groups excluding carboxylic acids is 1. The predicted molar refractivity (Wildman–Crippen MR) is 94.8 cm³/mol. The Hall–Kier alpha value is -2.39. The quantitative estimate of drug-likeness (QED) is 0.791. The summed E-state index contributed by atoms with van der Waals surface area (Å²) in [7, 11) is 3.98. The van der Waals surface area contributed by atoms with Crippen molar-refractivity contribution >= 4 is 5.91 Å². The summed E-state index contributed by atoms with van der Waals surface area (Å²) in [5.74, 6) is -2.16. The third-order valence-corrected chi connectivity index (χ3v) is 4.57.